The highest BCUT2D eigenvalue weighted by Crippen LogP contribution is 2.63. The molecule has 4 aliphatic rings. The normalized spacial score (nSPS) is 46.8. The van der Waals surface area contributed by atoms with Gasteiger partial charge in [-0.3, -0.25) is 9.59 Å². The zero-order chi connectivity index (χ0) is 15.5. The maximum atomic E-state index is 12.4. The molecule has 0 heterocycles. The Morgan fingerprint density at radius 3 is 2.73 bits per heavy atom. The zero-order valence-electron chi connectivity index (χ0n) is 13.7. The summed E-state index contributed by atoms with van der Waals surface area (Å²) >= 11 is 0. The molecular formula is C20H26O2. The van der Waals surface area contributed by atoms with Crippen molar-refractivity contribution in [1.29, 1.82) is 0 Å². The third-order valence-electron chi connectivity index (χ3n) is 7.59. The first-order chi connectivity index (χ1) is 10.5. The number of fused-ring (bicyclic) bond motifs is 5. The van der Waals surface area contributed by atoms with E-state index in [-0.39, 0.29) is 10.8 Å². The van der Waals surface area contributed by atoms with E-state index in [1.807, 2.05) is 6.08 Å². The van der Waals surface area contributed by atoms with Gasteiger partial charge in [-0.05, 0) is 66.9 Å². The highest BCUT2D eigenvalue weighted by atomic mass is 16.1. The predicted octanol–water partition coefficient (Wildman–Crippen LogP) is 4.25. The van der Waals surface area contributed by atoms with E-state index in [0.717, 1.165) is 38.5 Å². The molecule has 0 aromatic carbocycles. The van der Waals surface area contributed by atoms with Gasteiger partial charge < -0.3 is 0 Å². The smallest absolute Gasteiger partial charge is 0.156 e. The Labute approximate surface area is 133 Å². The molecular weight excluding hydrogens is 272 g/mol. The molecule has 0 amide bonds. The van der Waals surface area contributed by atoms with E-state index < -0.39 is 0 Å². The molecule has 0 aromatic heterocycles. The van der Waals surface area contributed by atoms with Crippen molar-refractivity contribution in [3.63, 3.8) is 0 Å². The van der Waals surface area contributed by atoms with Gasteiger partial charge in [-0.2, -0.15) is 0 Å². The van der Waals surface area contributed by atoms with E-state index in [0.29, 0.717) is 35.7 Å². The third-order valence-corrected chi connectivity index (χ3v) is 7.59. The molecule has 0 unspecified atom stereocenters. The molecule has 4 rings (SSSR count). The Hall–Kier alpha value is -1.18. The summed E-state index contributed by atoms with van der Waals surface area (Å²) in [6.45, 7) is 4.50. The van der Waals surface area contributed by atoms with Crippen LogP contribution in [0.4, 0.5) is 0 Å². The number of carbonyl (C=O) groups excluding carboxylic acids is 2. The molecule has 0 bridgehead atoms. The number of Topliss-reactive ketones (excluding diaryl/α,β-unsaturated/α-hetero) is 1. The third kappa shape index (κ3) is 1.67. The largest absolute Gasteiger partial charge is 0.299 e. The van der Waals surface area contributed by atoms with Crippen LogP contribution in [-0.2, 0) is 9.59 Å². The second-order valence-corrected chi connectivity index (χ2v) is 8.14. The van der Waals surface area contributed by atoms with Crippen LogP contribution in [0.3, 0.4) is 0 Å². The van der Waals surface area contributed by atoms with Crippen LogP contribution in [0, 0.1) is 28.6 Å². The molecule has 0 radical (unpaired) electrons. The van der Waals surface area contributed by atoms with Gasteiger partial charge >= 0.3 is 0 Å². The van der Waals surface area contributed by atoms with Gasteiger partial charge in [-0.15, -0.1) is 0 Å². The predicted molar refractivity (Wildman–Crippen MR) is 86.2 cm³/mol. The van der Waals surface area contributed by atoms with Crippen LogP contribution < -0.4 is 0 Å². The minimum Gasteiger partial charge on any atom is -0.299 e. The molecule has 118 valence electrons. The number of allylic oxidation sites excluding steroid dienone is 4. The van der Waals surface area contributed by atoms with Crippen LogP contribution in [0.15, 0.2) is 23.8 Å². The lowest BCUT2D eigenvalue weighted by Crippen LogP contribution is -2.49. The molecule has 0 aliphatic heterocycles. The lowest BCUT2D eigenvalue weighted by molar-refractivity contribution is -0.130. The van der Waals surface area contributed by atoms with Crippen molar-refractivity contribution >= 4 is 11.6 Å². The number of hydrogen-bond acceptors (Lipinski definition) is 2. The van der Waals surface area contributed by atoms with E-state index in [1.165, 1.54) is 5.57 Å². The summed E-state index contributed by atoms with van der Waals surface area (Å²) < 4.78 is 0. The Balaban J connectivity index is 1.78. The van der Waals surface area contributed by atoms with Gasteiger partial charge in [-0.25, -0.2) is 0 Å². The number of ketones is 2. The summed E-state index contributed by atoms with van der Waals surface area (Å²) in [5.74, 6) is 2.48. The van der Waals surface area contributed by atoms with Crippen LogP contribution in [0.5, 0.6) is 0 Å². The fraction of sp³-hybridized carbons (Fsp3) is 0.700. The Morgan fingerprint density at radius 2 is 1.95 bits per heavy atom. The number of carbonyl (C=O) groups is 2. The summed E-state index contributed by atoms with van der Waals surface area (Å²) in [6, 6.07) is 0. The Kier molecular flexibility index (Phi) is 3.05. The molecule has 0 aromatic rings. The van der Waals surface area contributed by atoms with Gasteiger partial charge in [0.2, 0.25) is 0 Å². The molecule has 0 N–H and O–H groups in total. The zero-order valence-corrected chi connectivity index (χ0v) is 13.7. The van der Waals surface area contributed by atoms with Crippen LogP contribution in [-0.4, -0.2) is 11.6 Å². The van der Waals surface area contributed by atoms with E-state index in [9.17, 15) is 9.59 Å². The fourth-order valence-corrected chi connectivity index (χ4v) is 6.23. The topological polar surface area (TPSA) is 34.1 Å². The molecule has 2 heteroatoms. The molecule has 0 saturated heterocycles. The summed E-state index contributed by atoms with van der Waals surface area (Å²) in [4.78, 5) is 24.3. The first-order valence-corrected chi connectivity index (χ1v) is 8.98. The van der Waals surface area contributed by atoms with Gasteiger partial charge in [0.25, 0.3) is 0 Å². The molecule has 2 saturated carbocycles. The maximum Gasteiger partial charge on any atom is 0.156 e. The molecule has 22 heavy (non-hydrogen) atoms. The Morgan fingerprint density at radius 1 is 1.14 bits per heavy atom. The summed E-state index contributed by atoms with van der Waals surface area (Å²) in [5.41, 5.74) is 1.40. The van der Waals surface area contributed by atoms with Gasteiger partial charge in [0.15, 0.2) is 5.78 Å². The lowest BCUT2D eigenvalue weighted by Gasteiger charge is -2.55. The number of hydrogen-bond donors (Lipinski definition) is 0. The molecule has 2 fully saturated rings. The van der Waals surface area contributed by atoms with Crippen molar-refractivity contribution in [3.05, 3.63) is 23.8 Å². The van der Waals surface area contributed by atoms with Crippen LogP contribution in [0.1, 0.15) is 58.8 Å². The van der Waals surface area contributed by atoms with E-state index in [4.69, 9.17) is 0 Å². The molecule has 4 aliphatic carbocycles. The van der Waals surface area contributed by atoms with Crippen molar-refractivity contribution in [3.8, 4) is 0 Å². The second kappa shape index (κ2) is 4.66. The lowest BCUT2D eigenvalue weighted by atomic mass is 9.48. The first-order valence-electron chi connectivity index (χ1n) is 8.98. The second-order valence-electron chi connectivity index (χ2n) is 8.14. The monoisotopic (exact) mass is 298 g/mol. The van der Waals surface area contributed by atoms with Crippen molar-refractivity contribution in [1.82, 2.24) is 0 Å². The highest BCUT2D eigenvalue weighted by molar-refractivity contribution is 5.92. The maximum absolute atomic E-state index is 12.4. The summed E-state index contributed by atoms with van der Waals surface area (Å²) in [7, 11) is 0. The first kappa shape index (κ1) is 14.4. The van der Waals surface area contributed by atoms with Gasteiger partial charge in [0.05, 0.1) is 0 Å². The highest BCUT2D eigenvalue weighted by Gasteiger charge is 2.58. The van der Waals surface area contributed by atoms with Gasteiger partial charge in [0.1, 0.15) is 5.78 Å². The fourth-order valence-electron chi connectivity index (χ4n) is 6.23. The molecule has 2 nitrogen and oxygen atoms in total. The van der Waals surface area contributed by atoms with Crippen molar-refractivity contribution in [2.24, 2.45) is 28.6 Å². The van der Waals surface area contributed by atoms with Gasteiger partial charge in [0, 0.05) is 18.3 Å². The van der Waals surface area contributed by atoms with E-state index in [1.54, 1.807) is 0 Å². The minimum absolute atomic E-state index is 0.0772. The SMILES string of the molecule is CC[C@]12CCC(=O)C=C1C=C[C@@H]1[C@@H]2CC[C@]2(C)C(=O)CC[C@@H]12. The summed E-state index contributed by atoms with van der Waals surface area (Å²) in [5, 5.41) is 0. The average molecular weight is 298 g/mol. The van der Waals surface area contributed by atoms with Crippen molar-refractivity contribution in [2.45, 2.75) is 58.8 Å². The van der Waals surface area contributed by atoms with E-state index >= 15 is 0 Å². The Bertz CT molecular complexity index is 599. The average Bonchev–Trinajstić information content (AvgIpc) is 2.82. The minimum atomic E-state index is -0.0772. The van der Waals surface area contributed by atoms with Crippen molar-refractivity contribution < 1.29 is 9.59 Å². The van der Waals surface area contributed by atoms with Gasteiger partial charge in [-0.1, -0.05) is 26.0 Å². The molecule has 0 spiro atoms. The van der Waals surface area contributed by atoms with E-state index in [2.05, 4.69) is 26.0 Å². The van der Waals surface area contributed by atoms with Crippen LogP contribution in [0.25, 0.3) is 0 Å². The quantitative estimate of drug-likeness (QED) is 0.725. The van der Waals surface area contributed by atoms with Crippen molar-refractivity contribution in [2.75, 3.05) is 0 Å². The van der Waals surface area contributed by atoms with Crippen LogP contribution in [0.2, 0.25) is 0 Å². The standard InChI is InChI=1S/C20H26O2/c1-3-20-11-8-14(21)12-13(20)4-5-15-16-6-7-18(22)19(16,2)10-9-17(15)20/h4-5,12,15-17H,3,6-11H2,1-2H3/t15-,16-,17-,19-,20-/m0/s1. The van der Waals surface area contributed by atoms with Crippen LogP contribution >= 0.6 is 0 Å². The molecule has 5 atom stereocenters. The number of rotatable bonds is 1. The summed E-state index contributed by atoms with van der Waals surface area (Å²) in [6.07, 6.45) is 13.4.